The van der Waals surface area contributed by atoms with Crippen molar-refractivity contribution in [2.75, 3.05) is 13.1 Å². The maximum Gasteiger partial charge on any atom is 0.118 e. The molecule has 3 aliphatic heterocycles. The Morgan fingerprint density at radius 3 is 2.82 bits per heavy atom. The predicted molar refractivity (Wildman–Crippen MR) is 42.9 cm³/mol. The zero-order chi connectivity index (χ0) is 7.84. The molecule has 2 unspecified atom stereocenters. The molecule has 0 saturated carbocycles. The van der Waals surface area contributed by atoms with Gasteiger partial charge in [0.05, 0.1) is 6.04 Å². The molecule has 0 aromatic heterocycles. The van der Waals surface area contributed by atoms with Crippen LogP contribution >= 0.6 is 0 Å². The molecule has 3 heterocycles. The van der Waals surface area contributed by atoms with Gasteiger partial charge in [0.25, 0.3) is 0 Å². The fourth-order valence-corrected chi connectivity index (χ4v) is 1.95. The fraction of sp³-hybridized carbons (Fsp3) is 0.750. The summed E-state index contributed by atoms with van der Waals surface area (Å²) in [5, 5.41) is 9.21. The Balaban J connectivity index is 2.12. The van der Waals surface area contributed by atoms with Gasteiger partial charge in [-0.1, -0.05) is 11.6 Å². The molecular weight excluding hydrogens is 140 g/mol. The highest BCUT2D eigenvalue weighted by atomic mass is 16.3. The lowest BCUT2D eigenvalue weighted by Crippen LogP contribution is -2.52. The second-order valence-corrected chi connectivity index (χ2v) is 3.37. The zero-order valence-electron chi connectivity index (χ0n) is 6.53. The van der Waals surface area contributed by atoms with Gasteiger partial charge in [0, 0.05) is 13.1 Å². The van der Waals surface area contributed by atoms with Crippen molar-refractivity contribution < 1.29 is 5.11 Å². The van der Waals surface area contributed by atoms with E-state index in [9.17, 15) is 5.11 Å². The molecule has 0 amide bonds. The number of piperidine rings is 1. The Kier molecular flexibility index (Phi) is 1.71. The maximum absolute atomic E-state index is 9.21. The molecule has 0 radical (unpaired) electrons. The van der Waals surface area contributed by atoms with Gasteiger partial charge in [-0.2, -0.15) is 0 Å². The lowest BCUT2D eigenvalue weighted by Gasteiger charge is -2.41. The van der Waals surface area contributed by atoms with Crippen LogP contribution in [0, 0.1) is 0 Å². The molecule has 0 aromatic rings. The molecule has 3 rings (SSSR count). The van der Waals surface area contributed by atoms with E-state index in [0.29, 0.717) is 0 Å². The summed E-state index contributed by atoms with van der Waals surface area (Å²) in [7, 11) is 0. The Morgan fingerprint density at radius 1 is 1.73 bits per heavy atom. The van der Waals surface area contributed by atoms with Crippen LogP contribution in [0.1, 0.15) is 12.8 Å². The van der Waals surface area contributed by atoms with Gasteiger partial charge in [0.15, 0.2) is 0 Å². The number of hydrogen-bond acceptors (Lipinski definition) is 3. The second-order valence-electron chi connectivity index (χ2n) is 3.37. The van der Waals surface area contributed by atoms with E-state index in [1.807, 2.05) is 0 Å². The second kappa shape index (κ2) is 2.59. The molecule has 3 aliphatic rings. The Morgan fingerprint density at radius 2 is 2.55 bits per heavy atom. The lowest BCUT2D eigenvalue weighted by atomic mass is 9.91. The molecule has 3 heteroatoms. The van der Waals surface area contributed by atoms with Crippen LogP contribution in [0.4, 0.5) is 0 Å². The Bertz CT molecular complexity index is 189. The minimum atomic E-state index is -0.668. The summed E-state index contributed by atoms with van der Waals surface area (Å²) in [5.41, 5.74) is 6.91. The molecule has 11 heavy (non-hydrogen) atoms. The summed E-state index contributed by atoms with van der Waals surface area (Å²) in [6, 6.07) is 0.184. The SMILES string of the molecule is NC(O)[C@H]1CC2=CCN1CC2. The highest BCUT2D eigenvalue weighted by Crippen LogP contribution is 2.27. The number of fused-ring (bicyclic) bond motifs is 3. The van der Waals surface area contributed by atoms with Gasteiger partial charge < -0.3 is 10.8 Å². The molecule has 3 nitrogen and oxygen atoms in total. The van der Waals surface area contributed by atoms with Crippen LogP contribution in [0.25, 0.3) is 0 Å². The van der Waals surface area contributed by atoms with Gasteiger partial charge in [-0.25, -0.2) is 0 Å². The van der Waals surface area contributed by atoms with Gasteiger partial charge >= 0.3 is 0 Å². The third-order valence-electron chi connectivity index (χ3n) is 2.67. The van der Waals surface area contributed by atoms with E-state index in [4.69, 9.17) is 5.73 Å². The number of aliphatic hydroxyl groups excluding tert-OH is 1. The normalized spacial score (nSPS) is 38.5. The largest absolute Gasteiger partial charge is 0.377 e. The summed E-state index contributed by atoms with van der Waals surface area (Å²) in [5.74, 6) is 0. The van der Waals surface area contributed by atoms with E-state index in [0.717, 1.165) is 19.5 Å². The van der Waals surface area contributed by atoms with Crippen molar-refractivity contribution in [1.82, 2.24) is 4.90 Å². The van der Waals surface area contributed by atoms with Crippen molar-refractivity contribution in [1.29, 1.82) is 0 Å². The minimum absolute atomic E-state index is 0.184. The summed E-state index contributed by atoms with van der Waals surface area (Å²) < 4.78 is 0. The smallest absolute Gasteiger partial charge is 0.118 e. The molecule has 1 fully saturated rings. The molecule has 3 N–H and O–H groups in total. The number of nitrogens with two attached hydrogens (primary N) is 1. The predicted octanol–water partition coefficient (Wildman–Crippen LogP) is -0.332. The van der Waals surface area contributed by atoms with E-state index in [1.165, 1.54) is 12.0 Å². The highest BCUT2D eigenvalue weighted by molar-refractivity contribution is 5.15. The van der Waals surface area contributed by atoms with Crippen molar-refractivity contribution in [3.8, 4) is 0 Å². The van der Waals surface area contributed by atoms with Gasteiger partial charge in [-0.15, -0.1) is 0 Å². The first kappa shape index (κ1) is 7.28. The molecule has 1 saturated heterocycles. The van der Waals surface area contributed by atoms with E-state index in [-0.39, 0.29) is 6.04 Å². The lowest BCUT2D eigenvalue weighted by molar-refractivity contribution is 0.0418. The number of hydrogen-bond donors (Lipinski definition) is 2. The van der Waals surface area contributed by atoms with Crippen molar-refractivity contribution in [3.63, 3.8) is 0 Å². The van der Waals surface area contributed by atoms with Crippen molar-refractivity contribution >= 4 is 0 Å². The Labute approximate surface area is 66.5 Å². The van der Waals surface area contributed by atoms with Crippen molar-refractivity contribution in [3.05, 3.63) is 11.6 Å². The quantitative estimate of drug-likeness (QED) is 0.401. The Hall–Kier alpha value is -0.380. The monoisotopic (exact) mass is 154 g/mol. The first-order valence-electron chi connectivity index (χ1n) is 4.13. The third kappa shape index (κ3) is 1.20. The van der Waals surface area contributed by atoms with Crippen LogP contribution in [0.2, 0.25) is 0 Å². The first-order chi connectivity index (χ1) is 5.27. The van der Waals surface area contributed by atoms with Crippen LogP contribution in [-0.4, -0.2) is 35.4 Å². The molecule has 2 bridgehead atoms. The van der Waals surface area contributed by atoms with E-state index >= 15 is 0 Å². The zero-order valence-corrected chi connectivity index (χ0v) is 6.53. The van der Waals surface area contributed by atoms with Crippen LogP contribution < -0.4 is 5.73 Å². The molecule has 0 aromatic carbocycles. The summed E-state index contributed by atoms with van der Waals surface area (Å²) >= 11 is 0. The number of nitrogens with zero attached hydrogens (tertiary/aromatic N) is 1. The molecule has 0 spiro atoms. The standard InChI is InChI=1S/C8H14N2O/c9-8(11)7-5-6-1-3-10(7)4-2-6/h1,7-8,11H,2-5,9H2/t7-,8?/m1/s1. The van der Waals surface area contributed by atoms with Crippen LogP contribution in [0.3, 0.4) is 0 Å². The van der Waals surface area contributed by atoms with Gasteiger partial charge in [-0.3, -0.25) is 4.90 Å². The third-order valence-corrected chi connectivity index (χ3v) is 2.67. The van der Waals surface area contributed by atoms with Gasteiger partial charge in [0.2, 0.25) is 0 Å². The highest BCUT2D eigenvalue weighted by Gasteiger charge is 2.31. The number of rotatable bonds is 1. The molecule has 62 valence electrons. The first-order valence-corrected chi connectivity index (χ1v) is 4.13. The van der Waals surface area contributed by atoms with Crippen LogP contribution in [0.15, 0.2) is 11.6 Å². The average Bonchev–Trinajstić information content (AvgIpc) is 2.06. The van der Waals surface area contributed by atoms with Gasteiger partial charge in [0.1, 0.15) is 6.23 Å². The van der Waals surface area contributed by atoms with Crippen molar-refractivity contribution in [2.24, 2.45) is 5.73 Å². The topological polar surface area (TPSA) is 49.5 Å². The summed E-state index contributed by atoms with van der Waals surface area (Å²) in [6.45, 7) is 2.05. The fourth-order valence-electron chi connectivity index (χ4n) is 1.95. The molecule has 0 aliphatic carbocycles. The molecular formula is C8H14N2O. The van der Waals surface area contributed by atoms with Crippen molar-refractivity contribution in [2.45, 2.75) is 25.1 Å². The summed E-state index contributed by atoms with van der Waals surface area (Å²) in [6.07, 6.45) is 3.72. The molecule has 3 atom stereocenters. The average molecular weight is 154 g/mol. The number of aliphatic hydroxyl groups is 1. The van der Waals surface area contributed by atoms with Gasteiger partial charge in [-0.05, 0) is 12.8 Å². The van der Waals surface area contributed by atoms with E-state index in [2.05, 4.69) is 11.0 Å². The summed E-state index contributed by atoms with van der Waals surface area (Å²) in [4.78, 5) is 2.25. The minimum Gasteiger partial charge on any atom is -0.377 e. The maximum atomic E-state index is 9.21. The van der Waals surface area contributed by atoms with E-state index in [1.54, 1.807) is 0 Å². The van der Waals surface area contributed by atoms with Crippen LogP contribution in [0.5, 0.6) is 0 Å². The van der Waals surface area contributed by atoms with Crippen LogP contribution in [-0.2, 0) is 0 Å². The van der Waals surface area contributed by atoms with E-state index < -0.39 is 6.23 Å².